The van der Waals surface area contributed by atoms with Gasteiger partial charge >= 0.3 is 11.9 Å². The molecule has 0 aromatic carbocycles. The second-order valence-corrected chi connectivity index (χ2v) is 5.22. The molecule has 0 unspecified atom stereocenters. The lowest BCUT2D eigenvalue weighted by Crippen LogP contribution is -2.35. The number of ether oxygens (including phenoxy) is 1. The third-order valence-corrected chi connectivity index (χ3v) is 3.90. The van der Waals surface area contributed by atoms with Crippen molar-refractivity contribution in [3.63, 3.8) is 0 Å². The Kier molecular flexibility index (Phi) is 6.16. The zero-order valence-electron chi connectivity index (χ0n) is 11.7. The molecule has 1 aliphatic rings. The molecule has 20 heavy (non-hydrogen) atoms. The van der Waals surface area contributed by atoms with Crippen LogP contribution in [0.25, 0.3) is 0 Å². The molecule has 0 aliphatic heterocycles. The summed E-state index contributed by atoms with van der Waals surface area (Å²) in [6.07, 6.45) is 2.75. The SMILES string of the molecule is CCC(CO)(CO)COC(=O)C1=C(C(=O)O)CCCC1. The van der Waals surface area contributed by atoms with Gasteiger partial charge in [0.1, 0.15) is 6.61 Å². The summed E-state index contributed by atoms with van der Waals surface area (Å²) in [7, 11) is 0. The van der Waals surface area contributed by atoms with Crippen LogP contribution >= 0.6 is 0 Å². The summed E-state index contributed by atoms with van der Waals surface area (Å²) < 4.78 is 5.12. The Balaban J connectivity index is 2.77. The van der Waals surface area contributed by atoms with Crippen molar-refractivity contribution in [3.05, 3.63) is 11.1 Å². The lowest BCUT2D eigenvalue weighted by atomic mass is 9.88. The van der Waals surface area contributed by atoms with Gasteiger partial charge in [-0.25, -0.2) is 9.59 Å². The van der Waals surface area contributed by atoms with Crippen molar-refractivity contribution in [3.8, 4) is 0 Å². The highest BCUT2D eigenvalue weighted by molar-refractivity contribution is 5.99. The predicted molar refractivity (Wildman–Crippen MR) is 71.0 cm³/mol. The summed E-state index contributed by atoms with van der Waals surface area (Å²) in [6, 6.07) is 0. The standard InChI is InChI=1S/C14H22O6/c1-2-14(7-15,8-16)9-20-13(19)11-6-4-3-5-10(11)12(17)18/h15-16H,2-9H2,1H3,(H,17,18). The monoisotopic (exact) mass is 286 g/mol. The van der Waals surface area contributed by atoms with Crippen LogP contribution in [0.5, 0.6) is 0 Å². The molecule has 0 radical (unpaired) electrons. The predicted octanol–water partition coefficient (Wildman–Crippen LogP) is 0.866. The van der Waals surface area contributed by atoms with E-state index < -0.39 is 17.4 Å². The van der Waals surface area contributed by atoms with Crippen LogP contribution in [0.2, 0.25) is 0 Å². The van der Waals surface area contributed by atoms with Crippen molar-refractivity contribution < 1.29 is 29.6 Å². The fourth-order valence-electron chi connectivity index (χ4n) is 2.14. The highest BCUT2D eigenvalue weighted by atomic mass is 16.5. The van der Waals surface area contributed by atoms with E-state index in [-0.39, 0.29) is 31.0 Å². The topological polar surface area (TPSA) is 104 Å². The third-order valence-electron chi connectivity index (χ3n) is 3.90. The number of rotatable bonds is 7. The van der Waals surface area contributed by atoms with Gasteiger partial charge in [0.2, 0.25) is 0 Å². The van der Waals surface area contributed by atoms with E-state index in [0.717, 1.165) is 12.8 Å². The minimum atomic E-state index is -1.08. The molecular formula is C14H22O6. The van der Waals surface area contributed by atoms with Crippen molar-refractivity contribution in [1.82, 2.24) is 0 Å². The molecule has 0 spiro atoms. The van der Waals surface area contributed by atoms with Crippen molar-refractivity contribution in [2.24, 2.45) is 5.41 Å². The third kappa shape index (κ3) is 3.80. The number of aliphatic hydroxyl groups excluding tert-OH is 2. The van der Waals surface area contributed by atoms with E-state index in [0.29, 0.717) is 19.3 Å². The number of hydrogen-bond acceptors (Lipinski definition) is 5. The highest BCUT2D eigenvalue weighted by Crippen LogP contribution is 2.27. The van der Waals surface area contributed by atoms with Gasteiger partial charge in [0.05, 0.1) is 18.6 Å². The summed E-state index contributed by atoms with van der Waals surface area (Å²) in [5.74, 6) is -1.73. The van der Waals surface area contributed by atoms with Crippen molar-refractivity contribution in [2.75, 3.05) is 19.8 Å². The molecule has 114 valence electrons. The summed E-state index contributed by atoms with van der Waals surface area (Å²) in [5.41, 5.74) is -0.533. The van der Waals surface area contributed by atoms with E-state index in [1.807, 2.05) is 0 Å². The number of aliphatic carboxylic acids is 1. The first-order valence-corrected chi connectivity index (χ1v) is 6.84. The Labute approximate surface area is 118 Å². The first kappa shape index (κ1) is 16.7. The van der Waals surface area contributed by atoms with Gasteiger partial charge in [-0.2, -0.15) is 0 Å². The molecule has 0 aromatic heterocycles. The van der Waals surface area contributed by atoms with Crippen LogP contribution in [0.4, 0.5) is 0 Å². The van der Waals surface area contributed by atoms with Crippen LogP contribution in [0.3, 0.4) is 0 Å². The molecule has 0 saturated carbocycles. The zero-order chi connectivity index (χ0) is 15.2. The lowest BCUT2D eigenvalue weighted by molar-refractivity contribution is -0.146. The van der Waals surface area contributed by atoms with Crippen LogP contribution in [-0.4, -0.2) is 47.1 Å². The van der Waals surface area contributed by atoms with E-state index >= 15 is 0 Å². The van der Waals surface area contributed by atoms with Crippen LogP contribution in [-0.2, 0) is 14.3 Å². The zero-order valence-corrected chi connectivity index (χ0v) is 11.7. The van der Waals surface area contributed by atoms with Gasteiger partial charge in [0.25, 0.3) is 0 Å². The largest absolute Gasteiger partial charge is 0.478 e. The normalized spacial score (nSPS) is 16.1. The second-order valence-electron chi connectivity index (χ2n) is 5.22. The quantitative estimate of drug-likeness (QED) is 0.600. The van der Waals surface area contributed by atoms with Gasteiger partial charge in [-0.05, 0) is 32.1 Å². The molecule has 1 rings (SSSR count). The molecule has 0 atom stereocenters. The molecule has 0 amide bonds. The number of aliphatic hydroxyl groups is 2. The van der Waals surface area contributed by atoms with Crippen LogP contribution < -0.4 is 0 Å². The average Bonchev–Trinajstić information content (AvgIpc) is 2.49. The van der Waals surface area contributed by atoms with Crippen molar-refractivity contribution in [2.45, 2.75) is 39.0 Å². The maximum Gasteiger partial charge on any atom is 0.334 e. The minimum absolute atomic E-state index is 0.119. The second kappa shape index (κ2) is 7.40. The first-order chi connectivity index (χ1) is 9.49. The van der Waals surface area contributed by atoms with Crippen molar-refractivity contribution in [1.29, 1.82) is 0 Å². The van der Waals surface area contributed by atoms with E-state index in [2.05, 4.69) is 0 Å². The fraction of sp³-hybridized carbons (Fsp3) is 0.714. The van der Waals surface area contributed by atoms with Gasteiger partial charge < -0.3 is 20.1 Å². The van der Waals surface area contributed by atoms with Crippen LogP contribution in [0, 0.1) is 5.41 Å². The summed E-state index contributed by atoms with van der Waals surface area (Å²) in [4.78, 5) is 23.1. The maximum atomic E-state index is 12.0. The van der Waals surface area contributed by atoms with E-state index in [1.54, 1.807) is 6.92 Å². The molecule has 0 bridgehead atoms. The van der Waals surface area contributed by atoms with E-state index in [4.69, 9.17) is 9.84 Å². The molecular weight excluding hydrogens is 264 g/mol. The molecule has 0 aromatic rings. The molecule has 6 nitrogen and oxygen atoms in total. The van der Waals surface area contributed by atoms with Crippen molar-refractivity contribution >= 4 is 11.9 Å². The minimum Gasteiger partial charge on any atom is -0.478 e. The van der Waals surface area contributed by atoms with Gasteiger partial charge in [-0.3, -0.25) is 0 Å². The molecule has 3 N–H and O–H groups in total. The fourth-order valence-corrected chi connectivity index (χ4v) is 2.14. The lowest BCUT2D eigenvalue weighted by Gasteiger charge is -2.28. The molecule has 1 aliphatic carbocycles. The maximum absolute atomic E-state index is 12.0. The number of esters is 1. The highest BCUT2D eigenvalue weighted by Gasteiger charge is 2.31. The smallest absolute Gasteiger partial charge is 0.334 e. The van der Waals surface area contributed by atoms with Gasteiger partial charge in [0, 0.05) is 11.1 Å². The Morgan fingerprint density at radius 2 is 1.70 bits per heavy atom. The Morgan fingerprint density at radius 3 is 2.15 bits per heavy atom. The van der Waals surface area contributed by atoms with Gasteiger partial charge in [-0.1, -0.05) is 6.92 Å². The summed E-state index contributed by atoms with van der Waals surface area (Å²) in [5, 5.41) is 27.6. The summed E-state index contributed by atoms with van der Waals surface area (Å²) >= 11 is 0. The first-order valence-electron chi connectivity index (χ1n) is 6.84. The number of carbonyl (C=O) groups excluding carboxylic acids is 1. The molecule has 0 saturated heterocycles. The van der Waals surface area contributed by atoms with Gasteiger partial charge in [-0.15, -0.1) is 0 Å². The van der Waals surface area contributed by atoms with E-state index in [9.17, 15) is 19.8 Å². The summed E-state index contributed by atoms with van der Waals surface area (Å²) in [6.45, 7) is 1.07. The van der Waals surface area contributed by atoms with Crippen LogP contribution in [0.15, 0.2) is 11.1 Å². The molecule has 0 heterocycles. The Morgan fingerprint density at radius 1 is 1.15 bits per heavy atom. The van der Waals surface area contributed by atoms with Crippen LogP contribution in [0.1, 0.15) is 39.0 Å². The van der Waals surface area contributed by atoms with E-state index in [1.165, 1.54) is 0 Å². The average molecular weight is 286 g/mol. The number of carboxylic acid groups (broad SMARTS) is 1. The molecule has 0 fully saturated rings. The number of hydrogen-bond donors (Lipinski definition) is 3. The number of carboxylic acids is 1. The number of carbonyl (C=O) groups is 2. The molecule has 6 heteroatoms. The Bertz CT molecular complexity index is 386. The van der Waals surface area contributed by atoms with Gasteiger partial charge in [0.15, 0.2) is 0 Å². The Hall–Kier alpha value is -1.40.